The van der Waals surface area contributed by atoms with Gasteiger partial charge in [-0.3, -0.25) is 0 Å². The van der Waals surface area contributed by atoms with Crippen LogP contribution in [0.25, 0.3) is 0 Å². The van der Waals surface area contributed by atoms with Crippen LogP contribution < -0.4 is 0 Å². The van der Waals surface area contributed by atoms with Crippen LogP contribution in [-0.2, 0) is 0 Å². The van der Waals surface area contributed by atoms with Gasteiger partial charge in [0.15, 0.2) is 0 Å². The molecule has 12 heavy (non-hydrogen) atoms. The molecule has 3 rings (SSSR count). The summed E-state index contributed by atoms with van der Waals surface area (Å²) in [6.07, 6.45) is 6.13. The Morgan fingerprint density at radius 2 is 2.00 bits per heavy atom. The summed E-state index contributed by atoms with van der Waals surface area (Å²) in [5.74, 6) is 3.23. The maximum atomic E-state index is 2.51. The molecule has 68 valence electrons. The molecule has 0 aromatic carbocycles. The minimum atomic E-state index is 0.861. The zero-order valence-corrected chi connectivity index (χ0v) is 8.56. The van der Waals surface area contributed by atoms with Crippen molar-refractivity contribution in [1.29, 1.82) is 0 Å². The van der Waals surface area contributed by atoms with Crippen molar-refractivity contribution in [3.05, 3.63) is 0 Å². The van der Waals surface area contributed by atoms with Crippen LogP contribution in [0.15, 0.2) is 0 Å². The van der Waals surface area contributed by atoms with Gasteiger partial charge in [-0.2, -0.15) is 0 Å². The second kappa shape index (κ2) is 1.76. The lowest BCUT2D eigenvalue weighted by molar-refractivity contribution is 0.0969. The normalized spacial score (nSPS) is 66.8. The molecule has 0 aliphatic heterocycles. The number of hydrogen-bond donors (Lipinski definition) is 0. The van der Waals surface area contributed by atoms with E-state index in [0.717, 1.165) is 22.7 Å². The van der Waals surface area contributed by atoms with Gasteiger partial charge in [0.2, 0.25) is 0 Å². The first-order valence-corrected chi connectivity index (χ1v) is 5.67. The third kappa shape index (κ3) is 0.506. The average Bonchev–Trinajstić information content (AvgIpc) is 2.75. The fraction of sp³-hybridized carbons (Fsp3) is 1.00. The van der Waals surface area contributed by atoms with Crippen molar-refractivity contribution < 1.29 is 0 Å². The van der Waals surface area contributed by atoms with Crippen LogP contribution in [0.2, 0.25) is 0 Å². The van der Waals surface area contributed by atoms with E-state index in [2.05, 4.69) is 20.8 Å². The van der Waals surface area contributed by atoms with Gasteiger partial charge >= 0.3 is 0 Å². The van der Waals surface area contributed by atoms with Gasteiger partial charge in [-0.25, -0.2) is 0 Å². The maximum Gasteiger partial charge on any atom is -0.0181 e. The minimum absolute atomic E-state index is 0.861. The molecule has 1 spiro atoms. The van der Waals surface area contributed by atoms with Crippen LogP contribution >= 0.6 is 0 Å². The van der Waals surface area contributed by atoms with Crippen molar-refractivity contribution in [2.45, 2.75) is 46.5 Å². The lowest BCUT2D eigenvalue weighted by Crippen LogP contribution is -2.31. The molecule has 0 amide bonds. The first-order valence-electron chi connectivity index (χ1n) is 5.67. The summed E-state index contributed by atoms with van der Waals surface area (Å²) in [7, 11) is 0. The molecule has 0 heteroatoms. The third-order valence-electron chi connectivity index (χ3n) is 5.47. The monoisotopic (exact) mass is 164 g/mol. The molecule has 3 aliphatic carbocycles. The smallest absolute Gasteiger partial charge is 0.0181 e. The second-order valence-corrected chi connectivity index (χ2v) is 5.75. The van der Waals surface area contributed by atoms with Crippen molar-refractivity contribution in [3.63, 3.8) is 0 Å². The van der Waals surface area contributed by atoms with Gasteiger partial charge < -0.3 is 0 Å². The summed E-state index contributed by atoms with van der Waals surface area (Å²) in [4.78, 5) is 0. The van der Waals surface area contributed by atoms with Gasteiger partial charge in [0.25, 0.3) is 0 Å². The van der Waals surface area contributed by atoms with Gasteiger partial charge in [-0.05, 0) is 54.3 Å². The van der Waals surface area contributed by atoms with Crippen molar-refractivity contribution in [2.24, 2.45) is 28.6 Å². The fourth-order valence-corrected chi connectivity index (χ4v) is 5.05. The van der Waals surface area contributed by atoms with Gasteiger partial charge in [0, 0.05) is 0 Å². The molecule has 0 aromatic heterocycles. The summed E-state index contributed by atoms with van der Waals surface area (Å²) in [6, 6.07) is 0. The molecule has 3 aliphatic rings. The molecule has 5 unspecified atom stereocenters. The molecule has 3 saturated carbocycles. The Labute approximate surface area is 75.7 Å². The Hall–Kier alpha value is 0. The maximum absolute atomic E-state index is 2.51. The summed E-state index contributed by atoms with van der Waals surface area (Å²) >= 11 is 0. The predicted molar refractivity (Wildman–Crippen MR) is 50.8 cm³/mol. The third-order valence-corrected chi connectivity index (χ3v) is 5.47. The zero-order valence-electron chi connectivity index (χ0n) is 8.56. The van der Waals surface area contributed by atoms with Gasteiger partial charge in [0.1, 0.15) is 0 Å². The summed E-state index contributed by atoms with van der Waals surface area (Å²) in [5, 5.41) is 0. The molecule has 0 radical (unpaired) electrons. The Balaban J connectivity index is 1.91. The van der Waals surface area contributed by atoms with Crippen LogP contribution in [0.3, 0.4) is 0 Å². The Morgan fingerprint density at radius 1 is 1.25 bits per heavy atom. The van der Waals surface area contributed by atoms with E-state index in [-0.39, 0.29) is 0 Å². The highest BCUT2D eigenvalue weighted by Crippen LogP contribution is 2.95. The van der Waals surface area contributed by atoms with Crippen LogP contribution in [0, 0.1) is 28.6 Å². The van der Waals surface area contributed by atoms with Crippen molar-refractivity contribution in [3.8, 4) is 0 Å². The van der Waals surface area contributed by atoms with Gasteiger partial charge in [-0.15, -0.1) is 0 Å². The van der Waals surface area contributed by atoms with E-state index in [0.29, 0.717) is 0 Å². The Morgan fingerprint density at radius 3 is 2.50 bits per heavy atom. The summed E-state index contributed by atoms with van der Waals surface area (Å²) in [6.45, 7) is 7.38. The summed E-state index contributed by atoms with van der Waals surface area (Å²) in [5.41, 5.74) is 1.76. The van der Waals surface area contributed by atoms with E-state index >= 15 is 0 Å². The zero-order chi connectivity index (χ0) is 8.56. The SMILES string of the molecule is CCC12C(C)CC(C)CC13CC32. The molecule has 5 atom stereocenters. The first kappa shape index (κ1) is 7.41. The standard InChI is InChI=1S/C12H20/c1-4-12-9(3)5-8(2)6-11(12)7-10(11)12/h8-10H,4-7H2,1-3H3. The lowest BCUT2D eigenvalue weighted by atomic mass is 9.65. The molecular formula is C12H20. The number of fused-ring (bicyclic) bond motifs is 1. The predicted octanol–water partition coefficient (Wildman–Crippen LogP) is 3.47. The van der Waals surface area contributed by atoms with E-state index in [1.165, 1.54) is 18.8 Å². The highest BCUT2D eigenvalue weighted by atomic mass is 14.9. The van der Waals surface area contributed by atoms with E-state index in [1.807, 2.05) is 0 Å². The largest absolute Gasteiger partial charge is 0.0648 e. The van der Waals surface area contributed by atoms with E-state index in [4.69, 9.17) is 0 Å². The molecular weight excluding hydrogens is 144 g/mol. The lowest BCUT2D eigenvalue weighted by Gasteiger charge is -2.39. The number of hydrogen-bond acceptors (Lipinski definition) is 0. The molecule has 0 saturated heterocycles. The van der Waals surface area contributed by atoms with Gasteiger partial charge in [-0.1, -0.05) is 20.8 Å². The van der Waals surface area contributed by atoms with Crippen LogP contribution in [0.5, 0.6) is 0 Å². The van der Waals surface area contributed by atoms with Crippen LogP contribution in [-0.4, -0.2) is 0 Å². The molecule has 3 fully saturated rings. The average molecular weight is 164 g/mol. The molecule has 0 heterocycles. The van der Waals surface area contributed by atoms with Crippen molar-refractivity contribution >= 4 is 0 Å². The highest BCUT2D eigenvalue weighted by molar-refractivity contribution is 5.36. The van der Waals surface area contributed by atoms with Gasteiger partial charge in [0.05, 0.1) is 0 Å². The molecule has 0 nitrogen and oxygen atoms in total. The van der Waals surface area contributed by atoms with E-state index in [9.17, 15) is 0 Å². The molecule has 0 bridgehead atoms. The highest BCUT2D eigenvalue weighted by Gasteiger charge is 2.88. The Bertz CT molecular complexity index is 232. The molecule has 0 N–H and O–H groups in total. The van der Waals surface area contributed by atoms with E-state index in [1.54, 1.807) is 12.8 Å². The number of rotatable bonds is 1. The van der Waals surface area contributed by atoms with Crippen LogP contribution in [0.1, 0.15) is 46.5 Å². The van der Waals surface area contributed by atoms with Crippen molar-refractivity contribution in [2.75, 3.05) is 0 Å². The Kier molecular flexibility index (Phi) is 1.09. The van der Waals surface area contributed by atoms with E-state index < -0.39 is 0 Å². The first-order chi connectivity index (χ1) is 5.67. The second-order valence-electron chi connectivity index (χ2n) is 5.75. The fourth-order valence-electron chi connectivity index (χ4n) is 5.05. The quantitative estimate of drug-likeness (QED) is 0.556. The molecule has 0 aromatic rings. The van der Waals surface area contributed by atoms with Crippen LogP contribution in [0.4, 0.5) is 0 Å². The minimum Gasteiger partial charge on any atom is -0.0648 e. The van der Waals surface area contributed by atoms with Crippen molar-refractivity contribution in [1.82, 2.24) is 0 Å². The summed E-state index contributed by atoms with van der Waals surface area (Å²) < 4.78 is 0. The topological polar surface area (TPSA) is 0 Å².